The minimum absolute atomic E-state index is 1.03. The molecule has 0 heteroatoms. The Bertz CT molecular complexity index is 208. The van der Waals surface area contributed by atoms with Crippen molar-refractivity contribution >= 4 is 0 Å². The second kappa shape index (κ2) is 4.97. The average molecular weight is 160 g/mol. The van der Waals surface area contributed by atoms with Crippen LogP contribution >= 0.6 is 0 Å². The number of unbranched alkanes of at least 4 members (excludes halogenated alkanes) is 2. The normalized spacial score (nSPS) is 10.2. The van der Waals surface area contributed by atoms with E-state index in [4.69, 9.17) is 0 Å². The highest BCUT2D eigenvalue weighted by molar-refractivity contribution is 5.26. The Morgan fingerprint density at radius 3 is 2.50 bits per heavy atom. The highest BCUT2D eigenvalue weighted by atomic mass is 14.0. The monoisotopic (exact) mass is 160 g/mol. The van der Waals surface area contributed by atoms with E-state index in [1.54, 1.807) is 0 Å². The van der Waals surface area contributed by atoms with Crippen LogP contribution < -0.4 is 0 Å². The van der Waals surface area contributed by atoms with Crippen molar-refractivity contribution in [2.75, 3.05) is 0 Å². The molecule has 0 saturated heterocycles. The highest BCUT2D eigenvalue weighted by Gasteiger charge is 1.91. The van der Waals surface area contributed by atoms with E-state index in [0.717, 1.165) is 12.8 Å². The fourth-order valence-corrected chi connectivity index (χ4v) is 1.12. The molecule has 0 unspecified atom stereocenters. The van der Waals surface area contributed by atoms with E-state index >= 15 is 0 Å². The number of hydrogen-bond acceptors (Lipinski definition) is 0. The third kappa shape index (κ3) is 3.08. The largest absolute Gasteiger partial charge is 0.0590 e. The molecule has 1 rings (SSSR count). The van der Waals surface area contributed by atoms with Crippen LogP contribution in [0.2, 0.25) is 0 Å². The van der Waals surface area contributed by atoms with Gasteiger partial charge in [-0.3, -0.25) is 0 Å². The number of aryl methyl sites for hydroxylation is 1. The maximum atomic E-state index is 3.81. The zero-order chi connectivity index (χ0) is 8.81. The molecule has 0 atom stereocenters. The van der Waals surface area contributed by atoms with Crippen LogP contribution in [-0.2, 0) is 0 Å². The summed E-state index contributed by atoms with van der Waals surface area (Å²) in [6.45, 7) is 5.92. The smallest absolute Gasteiger partial charge is 0.00931 e. The first-order chi connectivity index (χ1) is 5.83. The molecule has 12 heavy (non-hydrogen) atoms. The molecule has 0 aliphatic carbocycles. The van der Waals surface area contributed by atoms with Crippen molar-refractivity contribution in [3.8, 4) is 0 Å². The van der Waals surface area contributed by atoms with Gasteiger partial charge in [0.2, 0.25) is 0 Å². The summed E-state index contributed by atoms with van der Waals surface area (Å²) in [5, 5.41) is 0. The molecular formula is C12H16. The van der Waals surface area contributed by atoms with Crippen LogP contribution in [-0.4, -0.2) is 0 Å². The second-order valence-electron chi connectivity index (χ2n) is 3.11. The van der Waals surface area contributed by atoms with E-state index in [9.17, 15) is 0 Å². The van der Waals surface area contributed by atoms with Crippen LogP contribution in [0.5, 0.6) is 0 Å². The van der Waals surface area contributed by atoms with Gasteiger partial charge in [0.15, 0.2) is 0 Å². The Balaban J connectivity index is 2.37. The molecule has 2 radical (unpaired) electrons. The fourth-order valence-electron chi connectivity index (χ4n) is 1.12. The van der Waals surface area contributed by atoms with Gasteiger partial charge in [-0.2, -0.15) is 0 Å². The Kier molecular flexibility index (Phi) is 3.86. The highest BCUT2D eigenvalue weighted by Crippen LogP contribution is 2.09. The zero-order valence-corrected chi connectivity index (χ0v) is 7.72. The van der Waals surface area contributed by atoms with Crippen LogP contribution in [0.15, 0.2) is 24.3 Å². The van der Waals surface area contributed by atoms with Crippen molar-refractivity contribution in [2.45, 2.75) is 26.2 Å². The third-order valence-corrected chi connectivity index (χ3v) is 1.91. The van der Waals surface area contributed by atoms with Crippen LogP contribution in [0.25, 0.3) is 0 Å². The summed E-state index contributed by atoms with van der Waals surface area (Å²) in [5.74, 6) is 0. The van der Waals surface area contributed by atoms with E-state index < -0.39 is 0 Å². The van der Waals surface area contributed by atoms with Crippen LogP contribution in [0.4, 0.5) is 0 Å². The lowest BCUT2D eigenvalue weighted by Gasteiger charge is -1.99. The molecular weight excluding hydrogens is 144 g/mol. The third-order valence-electron chi connectivity index (χ3n) is 1.91. The van der Waals surface area contributed by atoms with E-state index in [1.807, 2.05) is 0 Å². The van der Waals surface area contributed by atoms with Gasteiger partial charge < -0.3 is 0 Å². The molecule has 1 aromatic carbocycles. The molecule has 0 N–H and O–H groups in total. The van der Waals surface area contributed by atoms with Gasteiger partial charge in [-0.25, -0.2) is 0 Å². The quantitative estimate of drug-likeness (QED) is 0.591. The van der Waals surface area contributed by atoms with E-state index in [0.29, 0.717) is 0 Å². The average Bonchev–Trinajstić information content (AvgIpc) is 2.09. The molecule has 0 spiro atoms. The summed E-state index contributed by atoms with van der Waals surface area (Å²) in [6, 6.07) is 8.63. The summed E-state index contributed by atoms with van der Waals surface area (Å²) in [6.07, 6.45) is 5.63. The first kappa shape index (κ1) is 9.31. The summed E-state index contributed by atoms with van der Waals surface area (Å²) < 4.78 is 0. The molecule has 0 saturated carbocycles. The van der Waals surface area contributed by atoms with Crippen molar-refractivity contribution in [2.24, 2.45) is 0 Å². The Hall–Kier alpha value is -0.780. The van der Waals surface area contributed by atoms with Gasteiger partial charge in [0, 0.05) is 0 Å². The lowest BCUT2D eigenvalue weighted by molar-refractivity contribution is 0.835. The molecule has 1 aromatic rings. The van der Waals surface area contributed by atoms with Crippen molar-refractivity contribution < 1.29 is 0 Å². The van der Waals surface area contributed by atoms with Crippen LogP contribution in [0.1, 0.15) is 30.4 Å². The van der Waals surface area contributed by atoms with Gasteiger partial charge in [0.1, 0.15) is 0 Å². The molecule has 0 aliphatic heterocycles. The first-order valence-electron chi connectivity index (χ1n) is 4.52. The number of hydrogen-bond donors (Lipinski definition) is 0. The van der Waals surface area contributed by atoms with Gasteiger partial charge >= 0.3 is 0 Å². The van der Waals surface area contributed by atoms with Gasteiger partial charge in [0.25, 0.3) is 0 Å². The standard InChI is InChI=1S/C12H16/c1-3-4-5-6-12-9-7-11(2)8-10-12/h6-10H,1,3-5H2,2H3. The Morgan fingerprint density at radius 2 is 1.92 bits per heavy atom. The topological polar surface area (TPSA) is 0 Å². The first-order valence-corrected chi connectivity index (χ1v) is 4.52. The summed E-state index contributed by atoms with van der Waals surface area (Å²) >= 11 is 0. The SMILES string of the molecule is [CH2]CCC[CH]c1ccc(C)cc1. The molecule has 0 aliphatic rings. The van der Waals surface area contributed by atoms with Crippen molar-refractivity contribution in [1.29, 1.82) is 0 Å². The summed E-state index contributed by atoms with van der Waals surface area (Å²) in [4.78, 5) is 0. The van der Waals surface area contributed by atoms with Crippen molar-refractivity contribution in [3.05, 3.63) is 48.7 Å². The lowest BCUT2D eigenvalue weighted by Crippen LogP contribution is -1.82. The minimum atomic E-state index is 1.03. The van der Waals surface area contributed by atoms with E-state index in [2.05, 4.69) is 44.5 Å². The fraction of sp³-hybridized carbons (Fsp3) is 0.333. The predicted octanol–water partition coefficient (Wildman–Crippen LogP) is 3.55. The molecule has 64 valence electrons. The Morgan fingerprint density at radius 1 is 1.25 bits per heavy atom. The van der Waals surface area contributed by atoms with E-state index in [1.165, 1.54) is 17.5 Å². The molecule has 0 heterocycles. The maximum absolute atomic E-state index is 3.81. The lowest BCUT2D eigenvalue weighted by atomic mass is 10.1. The molecule has 0 amide bonds. The van der Waals surface area contributed by atoms with Gasteiger partial charge in [-0.1, -0.05) is 49.6 Å². The van der Waals surface area contributed by atoms with Gasteiger partial charge in [0.05, 0.1) is 0 Å². The van der Waals surface area contributed by atoms with Gasteiger partial charge in [-0.05, 0) is 25.3 Å². The van der Waals surface area contributed by atoms with Crippen molar-refractivity contribution in [3.63, 3.8) is 0 Å². The van der Waals surface area contributed by atoms with Crippen molar-refractivity contribution in [1.82, 2.24) is 0 Å². The molecule has 0 bridgehead atoms. The minimum Gasteiger partial charge on any atom is -0.0590 e. The number of benzene rings is 1. The molecule has 0 aromatic heterocycles. The maximum Gasteiger partial charge on any atom is -0.00931 e. The van der Waals surface area contributed by atoms with E-state index in [-0.39, 0.29) is 0 Å². The predicted molar refractivity (Wildman–Crippen MR) is 53.8 cm³/mol. The summed E-state index contributed by atoms with van der Waals surface area (Å²) in [5.41, 5.74) is 2.65. The van der Waals surface area contributed by atoms with Gasteiger partial charge in [-0.15, -0.1) is 0 Å². The second-order valence-corrected chi connectivity index (χ2v) is 3.11. The Labute approximate surface area is 75.6 Å². The number of rotatable bonds is 4. The van der Waals surface area contributed by atoms with Crippen LogP contribution in [0.3, 0.4) is 0 Å². The zero-order valence-electron chi connectivity index (χ0n) is 7.72. The summed E-state index contributed by atoms with van der Waals surface area (Å²) in [7, 11) is 0. The molecule has 0 nitrogen and oxygen atoms in total. The van der Waals surface area contributed by atoms with Crippen LogP contribution in [0, 0.1) is 20.3 Å². The molecule has 0 fully saturated rings.